The quantitative estimate of drug-likeness (QED) is 0.901. The van der Waals surface area contributed by atoms with Crippen molar-refractivity contribution in [2.45, 2.75) is 19.8 Å². The smallest absolute Gasteiger partial charge is 0.238 e. The maximum atomic E-state index is 12.8. The molecule has 0 atom stereocenters. The number of amides is 2. The van der Waals surface area contributed by atoms with Crippen molar-refractivity contribution in [2.75, 3.05) is 38.0 Å². The van der Waals surface area contributed by atoms with E-state index >= 15 is 0 Å². The van der Waals surface area contributed by atoms with E-state index in [-0.39, 0.29) is 24.2 Å². The standard InChI is InChI=1S/C16H22FN3O2/c1-2-3-16(22)20-10-8-19(9-11-20)12-15(21)18-14-6-4-13(17)5-7-14/h4-7H,2-3,8-12H2,1H3,(H,18,21). The van der Waals surface area contributed by atoms with Gasteiger partial charge in [-0.2, -0.15) is 0 Å². The van der Waals surface area contributed by atoms with Crippen molar-refractivity contribution in [1.82, 2.24) is 9.80 Å². The number of carbonyl (C=O) groups is 2. The molecule has 0 bridgehead atoms. The number of halogens is 1. The Hall–Kier alpha value is -1.95. The fraction of sp³-hybridized carbons (Fsp3) is 0.500. The Morgan fingerprint density at radius 2 is 1.77 bits per heavy atom. The number of rotatable bonds is 5. The van der Waals surface area contributed by atoms with Crippen molar-refractivity contribution < 1.29 is 14.0 Å². The van der Waals surface area contributed by atoms with Gasteiger partial charge >= 0.3 is 0 Å². The summed E-state index contributed by atoms with van der Waals surface area (Å²) in [6.45, 7) is 5.02. The van der Waals surface area contributed by atoms with E-state index in [1.165, 1.54) is 24.3 Å². The van der Waals surface area contributed by atoms with Gasteiger partial charge in [0.2, 0.25) is 11.8 Å². The fourth-order valence-electron chi connectivity index (χ4n) is 2.46. The van der Waals surface area contributed by atoms with Gasteiger partial charge in [-0.05, 0) is 30.7 Å². The largest absolute Gasteiger partial charge is 0.340 e. The highest BCUT2D eigenvalue weighted by molar-refractivity contribution is 5.92. The second-order valence-electron chi connectivity index (χ2n) is 5.46. The normalized spacial score (nSPS) is 15.6. The van der Waals surface area contributed by atoms with Crippen molar-refractivity contribution in [2.24, 2.45) is 0 Å². The predicted octanol–water partition coefficient (Wildman–Crippen LogP) is 1.71. The first-order valence-electron chi connectivity index (χ1n) is 7.64. The van der Waals surface area contributed by atoms with Gasteiger partial charge < -0.3 is 10.2 Å². The Morgan fingerprint density at radius 3 is 2.36 bits per heavy atom. The zero-order valence-corrected chi connectivity index (χ0v) is 12.8. The lowest BCUT2D eigenvalue weighted by Crippen LogP contribution is -2.50. The molecule has 22 heavy (non-hydrogen) atoms. The van der Waals surface area contributed by atoms with Crippen molar-refractivity contribution in [1.29, 1.82) is 0 Å². The van der Waals surface area contributed by atoms with E-state index in [1.807, 2.05) is 16.7 Å². The van der Waals surface area contributed by atoms with Gasteiger partial charge in [-0.3, -0.25) is 14.5 Å². The zero-order chi connectivity index (χ0) is 15.9. The first-order chi connectivity index (χ1) is 10.6. The maximum absolute atomic E-state index is 12.8. The van der Waals surface area contributed by atoms with Crippen LogP contribution >= 0.6 is 0 Å². The number of anilines is 1. The van der Waals surface area contributed by atoms with Crippen LogP contribution in [0.1, 0.15) is 19.8 Å². The molecule has 0 radical (unpaired) electrons. The van der Waals surface area contributed by atoms with Crippen LogP contribution in [0.15, 0.2) is 24.3 Å². The number of hydrogen-bond donors (Lipinski definition) is 1. The van der Waals surface area contributed by atoms with E-state index in [4.69, 9.17) is 0 Å². The lowest BCUT2D eigenvalue weighted by molar-refractivity contribution is -0.133. The monoisotopic (exact) mass is 307 g/mol. The molecular weight excluding hydrogens is 285 g/mol. The maximum Gasteiger partial charge on any atom is 0.238 e. The van der Waals surface area contributed by atoms with Gasteiger partial charge in [0.05, 0.1) is 6.54 Å². The van der Waals surface area contributed by atoms with Crippen LogP contribution in [0, 0.1) is 5.82 Å². The molecule has 1 aliphatic heterocycles. The molecule has 1 saturated heterocycles. The number of nitrogens with one attached hydrogen (secondary N) is 1. The van der Waals surface area contributed by atoms with Gasteiger partial charge in [0, 0.05) is 38.3 Å². The highest BCUT2D eigenvalue weighted by atomic mass is 19.1. The Morgan fingerprint density at radius 1 is 1.14 bits per heavy atom. The average molecular weight is 307 g/mol. The summed E-state index contributed by atoms with van der Waals surface area (Å²) in [7, 11) is 0. The number of piperazine rings is 1. The van der Waals surface area contributed by atoms with Crippen LogP contribution < -0.4 is 5.32 Å². The molecule has 0 saturated carbocycles. The molecule has 1 aromatic rings. The minimum Gasteiger partial charge on any atom is -0.340 e. The predicted molar refractivity (Wildman–Crippen MR) is 83.0 cm³/mol. The van der Waals surface area contributed by atoms with Gasteiger partial charge in [0.1, 0.15) is 5.82 Å². The lowest BCUT2D eigenvalue weighted by Gasteiger charge is -2.34. The van der Waals surface area contributed by atoms with Gasteiger partial charge in [0.25, 0.3) is 0 Å². The molecule has 5 nitrogen and oxygen atoms in total. The van der Waals surface area contributed by atoms with Crippen LogP contribution in [0.2, 0.25) is 0 Å². The second-order valence-corrected chi connectivity index (χ2v) is 5.46. The van der Waals surface area contributed by atoms with E-state index in [1.54, 1.807) is 0 Å². The lowest BCUT2D eigenvalue weighted by atomic mass is 10.2. The third kappa shape index (κ3) is 4.80. The third-order valence-electron chi connectivity index (χ3n) is 3.68. The third-order valence-corrected chi connectivity index (χ3v) is 3.68. The number of hydrogen-bond acceptors (Lipinski definition) is 3. The molecule has 6 heteroatoms. The Labute approximate surface area is 130 Å². The van der Waals surface area contributed by atoms with Gasteiger partial charge in [0.15, 0.2) is 0 Å². The van der Waals surface area contributed by atoms with Gasteiger partial charge in [-0.25, -0.2) is 4.39 Å². The first-order valence-corrected chi connectivity index (χ1v) is 7.64. The van der Waals surface area contributed by atoms with Gasteiger partial charge in [-0.15, -0.1) is 0 Å². The topological polar surface area (TPSA) is 52.7 Å². The number of nitrogens with zero attached hydrogens (tertiary/aromatic N) is 2. The summed E-state index contributed by atoms with van der Waals surface area (Å²) in [4.78, 5) is 27.6. The number of carbonyl (C=O) groups excluding carboxylic acids is 2. The molecular formula is C16H22FN3O2. The highest BCUT2D eigenvalue weighted by Gasteiger charge is 2.21. The summed E-state index contributed by atoms with van der Waals surface area (Å²) in [6.07, 6.45) is 1.45. The van der Waals surface area contributed by atoms with Crippen LogP contribution in [0.5, 0.6) is 0 Å². The summed E-state index contributed by atoms with van der Waals surface area (Å²) in [5.41, 5.74) is 0.586. The van der Waals surface area contributed by atoms with E-state index in [2.05, 4.69) is 5.32 Å². The van der Waals surface area contributed by atoms with Crippen molar-refractivity contribution in [3.05, 3.63) is 30.1 Å². The first kappa shape index (κ1) is 16.4. The van der Waals surface area contributed by atoms with Crippen molar-refractivity contribution in [3.63, 3.8) is 0 Å². The molecule has 1 N–H and O–H groups in total. The SMILES string of the molecule is CCCC(=O)N1CCN(CC(=O)Nc2ccc(F)cc2)CC1. The molecule has 1 fully saturated rings. The molecule has 2 rings (SSSR count). The van der Waals surface area contributed by atoms with E-state index < -0.39 is 0 Å². The van der Waals surface area contributed by atoms with Crippen LogP contribution in [0.4, 0.5) is 10.1 Å². The molecule has 0 aromatic heterocycles. The minimum absolute atomic E-state index is 0.125. The van der Waals surface area contributed by atoms with Crippen LogP contribution in [-0.4, -0.2) is 54.3 Å². The van der Waals surface area contributed by atoms with Crippen LogP contribution in [-0.2, 0) is 9.59 Å². The summed E-state index contributed by atoms with van der Waals surface area (Å²) in [5.74, 6) is -0.260. The molecule has 120 valence electrons. The van der Waals surface area contributed by atoms with E-state index in [9.17, 15) is 14.0 Å². The summed E-state index contributed by atoms with van der Waals surface area (Å²) >= 11 is 0. The molecule has 0 unspecified atom stereocenters. The molecule has 1 aromatic carbocycles. The molecule has 1 aliphatic rings. The molecule has 0 aliphatic carbocycles. The van der Waals surface area contributed by atoms with Crippen LogP contribution in [0.3, 0.4) is 0 Å². The summed E-state index contributed by atoms with van der Waals surface area (Å²) in [5, 5.41) is 2.74. The second kappa shape index (κ2) is 7.89. The van der Waals surface area contributed by atoms with Crippen LogP contribution in [0.25, 0.3) is 0 Å². The number of benzene rings is 1. The van der Waals surface area contributed by atoms with E-state index in [0.29, 0.717) is 38.3 Å². The zero-order valence-electron chi connectivity index (χ0n) is 12.8. The molecule has 2 amide bonds. The Kier molecular flexibility index (Phi) is 5.89. The van der Waals surface area contributed by atoms with E-state index in [0.717, 1.165) is 6.42 Å². The van der Waals surface area contributed by atoms with Crippen molar-refractivity contribution in [3.8, 4) is 0 Å². The van der Waals surface area contributed by atoms with Crippen molar-refractivity contribution >= 4 is 17.5 Å². The highest BCUT2D eigenvalue weighted by Crippen LogP contribution is 2.09. The average Bonchev–Trinajstić information content (AvgIpc) is 2.50. The molecule has 1 heterocycles. The van der Waals surface area contributed by atoms with Gasteiger partial charge in [-0.1, -0.05) is 6.92 Å². The summed E-state index contributed by atoms with van der Waals surface area (Å²) < 4.78 is 12.8. The summed E-state index contributed by atoms with van der Waals surface area (Å²) in [6, 6.07) is 5.70. The fourth-order valence-corrected chi connectivity index (χ4v) is 2.46. The minimum atomic E-state index is -0.328. The molecule has 0 spiro atoms. The Balaban J connectivity index is 1.74. The Bertz CT molecular complexity index is 511.